The van der Waals surface area contributed by atoms with Crippen LogP contribution in [-0.2, 0) is 10.2 Å². The Morgan fingerprint density at radius 3 is 2.56 bits per heavy atom. The van der Waals surface area contributed by atoms with E-state index in [9.17, 15) is 13.5 Å². The molecule has 0 radical (unpaired) electrons. The van der Waals surface area contributed by atoms with Crippen molar-refractivity contribution in [3.8, 4) is 0 Å². The van der Waals surface area contributed by atoms with Crippen molar-refractivity contribution in [1.29, 1.82) is 0 Å². The van der Waals surface area contributed by atoms with Crippen LogP contribution in [0.2, 0.25) is 0 Å². The second-order valence-electron chi connectivity index (χ2n) is 4.76. The molecule has 1 aliphatic heterocycles. The monoisotopic (exact) mass is 250 g/mol. The summed E-state index contributed by atoms with van der Waals surface area (Å²) in [4.78, 5) is 0. The molecular formula is C10H22N2O3S. The van der Waals surface area contributed by atoms with E-state index < -0.39 is 15.8 Å². The lowest BCUT2D eigenvalue weighted by atomic mass is 10.1. The van der Waals surface area contributed by atoms with E-state index in [-0.39, 0.29) is 6.54 Å². The second-order valence-corrected chi connectivity index (χ2v) is 6.80. The van der Waals surface area contributed by atoms with Gasteiger partial charge in [0, 0.05) is 26.7 Å². The standard InChI is InChI=1S/C10H22N2O3S/c1-4-5-7-11(3)16(14,15)12-8-6-10(2,13)9-12/h13H,4-9H2,1-3H3. The van der Waals surface area contributed by atoms with Crippen LogP contribution < -0.4 is 0 Å². The second kappa shape index (κ2) is 5.00. The Kier molecular flexibility index (Phi) is 4.34. The Bertz CT molecular complexity index is 327. The topological polar surface area (TPSA) is 60.9 Å². The van der Waals surface area contributed by atoms with Crippen molar-refractivity contribution in [1.82, 2.24) is 8.61 Å². The molecule has 0 bridgehead atoms. The molecule has 1 heterocycles. The van der Waals surface area contributed by atoms with Crippen molar-refractivity contribution < 1.29 is 13.5 Å². The highest BCUT2D eigenvalue weighted by Gasteiger charge is 2.39. The molecule has 0 aliphatic carbocycles. The molecule has 0 amide bonds. The smallest absolute Gasteiger partial charge is 0.281 e. The summed E-state index contributed by atoms with van der Waals surface area (Å²) < 4.78 is 26.9. The zero-order valence-electron chi connectivity index (χ0n) is 10.3. The van der Waals surface area contributed by atoms with Crippen LogP contribution in [0.25, 0.3) is 0 Å². The highest BCUT2D eigenvalue weighted by atomic mass is 32.2. The summed E-state index contributed by atoms with van der Waals surface area (Å²) >= 11 is 0. The summed E-state index contributed by atoms with van der Waals surface area (Å²) in [5, 5.41) is 9.76. The van der Waals surface area contributed by atoms with Crippen molar-refractivity contribution in [3.63, 3.8) is 0 Å². The number of β-amino-alcohol motifs (C(OH)–C–C–N with tert-alkyl or cyclic N) is 1. The fourth-order valence-electron chi connectivity index (χ4n) is 1.79. The molecule has 1 N–H and O–H groups in total. The minimum Gasteiger partial charge on any atom is -0.389 e. The van der Waals surface area contributed by atoms with Gasteiger partial charge in [0.05, 0.1) is 5.60 Å². The fourth-order valence-corrected chi connectivity index (χ4v) is 3.31. The van der Waals surface area contributed by atoms with Gasteiger partial charge in [-0.05, 0) is 19.8 Å². The summed E-state index contributed by atoms with van der Waals surface area (Å²) in [6.45, 7) is 4.85. The van der Waals surface area contributed by atoms with E-state index >= 15 is 0 Å². The lowest BCUT2D eigenvalue weighted by molar-refractivity contribution is 0.0758. The number of rotatable bonds is 5. The van der Waals surface area contributed by atoms with Gasteiger partial charge >= 0.3 is 0 Å². The van der Waals surface area contributed by atoms with Gasteiger partial charge in [0.1, 0.15) is 0 Å². The first kappa shape index (κ1) is 13.9. The SMILES string of the molecule is CCCCN(C)S(=O)(=O)N1CCC(C)(O)C1. The molecule has 0 spiro atoms. The highest BCUT2D eigenvalue weighted by molar-refractivity contribution is 7.86. The van der Waals surface area contributed by atoms with E-state index in [4.69, 9.17) is 0 Å². The third kappa shape index (κ3) is 3.16. The minimum absolute atomic E-state index is 0.200. The van der Waals surface area contributed by atoms with Gasteiger partial charge in [-0.3, -0.25) is 0 Å². The first-order chi connectivity index (χ1) is 7.29. The molecule has 0 saturated carbocycles. The molecule has 5 nitrogen and oxygen atoms in total. The van der Waals surface area contributed by atoms with E-state index in [1.807, 2.05) is 6.92 Å². The zero-order valence-corrected chi connectivity index (χ0v) is 11.1. The predicted octanol–water partition coefficient (Wildman–Crippen LogP) is 0.420. The summed E-state index contributed by atoms with van der Waals surface area (Å²) in [6, 6.07) is 0. The summed E-state index contributed by atoms with van der Waals surface area (Å²) in [6.07, 6.45) is 2.34. The van der Waals surface area contributed by atoms with Gasteiger partial charge in [0.15, 0.2) is 0 Å². The molecule has 16 heavy (non-hydrogen) atoms. The van der Waals surface area contributed by atoms with Gasteiger partial charge in [0.2, 0.25) is 0 Å². The molecule has 0 aromatic carbocycles. The Balaban J connectivity index is 2.64. The van der Waals surface area contributed by atoms with Gasteiger partial charge in [0.25, 0.3) is 10.2 Å². The maximum atomic E-state index is 12.1. The van der Waals surface area contributed by atoms with E-state index in [1.165, 1.54) is 8.61 Å². The highest BCUT2D eigenvalue weighted by Crippen LogP contribution is 2.24. The number of hydrogen-bond donors (Lipinski definition) is 1. The van der Waals surface area contributed by atoms with Crippen LogP contribution >= 0.6 is 0 Å². The maximum absolute atomic E-state index is 12.1. The molecular weight excluding hydrogens is 228 g/mol. The number of unbranched alkanes of at least 4 members (excludes halogenated alkanes) is 1. The first-order valence-corrected chi connectivity index (χ1v) is 7.13. The Hall–Kier alpha value is -0.170. The molecule has 1 aliphatic rings. The Morgan fingerprint density at radius 1 is 1.50 bits per heavy atom. The van der Waals surface area contributed by atoms with Crippen molar-refractivity contribution >= 4 is 10.2 Å². The van der Waals surface area contributed by atoms with Gasteiger partial charge in [-0.1, -0.05) is 13.3 Å². The Labute approximate surface area is 98.2 Å². The number of hydrogen-bond acceptors (Lipinski definition) is 3. The summed E-state index contributed by atoms with van der Waals surface area (Å²) in [5.74, 6) is 0. The van der Waals surface area contributed by atoms with Crippen molar-refractivity contribution in [3.05, 3.63) is 0 Å². The number of nitrogens with zero attached hydrogens (tertiary/aromatic N) is 2. The van der Waals surface area contributed by atoms with E-state index in [0.29, 0.717) is 19.5 Å². The first-order valence-electron chi connectivity index (χ1n) is 5.73. The quantitative estimate of drug-likeness (QED) is 0.769. The third-order valence-corrected chi connectivity index (χ3v) is 4.90. The molecule has 0 aromatic heterocycles. The molecule has 1 unspecified atom stereocenters. The summed E-state index contributed by atoms with van der Waals surface area (Å²) in [5.41, 5.74) is -0.876. The Morgan fingerprint density at radius 2 is 2.12 bits per heavy atom. The van der Waals surface area contributed by atoms with Crippen LogP contribution in [0.15, 0.2) is 0 Å². The minimum atomic E-state index is -3.38. The normalized spacial score (nSPS) is 27.8. The van der Waals surface area contributed by atoms with Crippen molar-refractivity contribution in [2.75, 3.05) is 26.7 Å². The van der Waals surface area contributed by atoms with Crippen LogP contribution in [0.4, 0.5) is 0 Å². The molecule has 1 rings (SSSR count). The van der Waals surface area contributed by atoms with Crippen LogP contribution in [0.1, 0.15) is 33.1 Å². The van der Waals surface area contributed by atoms with E-state index in [1.54, 1.807) is 14.0 Å². The van der Waals surface area contributed by atoms with Gasteiger partial charge in [-0.25, -0.2) is 0 Å². The van der Waals surface area contributed by atoms with Gasteiger partial charge in [-0.15, -0.1) is 0 Å². The lowest BCUT2D eigenvalue weighted by Crippen LogP contribution is -2.42. The maximum Gasteiger partial charge on any atom is 0.281 e. The van der Waals surface area contributed by atoms with Crippen molar-refractivity contribution in [2.45, 2.75) is 38.7 Å². The fraction of sp³-hybridized carbons (Fsp3) is 1.00. The van der Waals surface area contributed by atoms with Crippen LogP contribution in [0.3, 0.4) is 0 Å². The van der Waals surface area contributed by atoms with Gasteiger partial charge < -0.3 is 5.11 Å². The zero-order chi connectivity index (χ0) is 12.4. The van der Waals surface area contributed by atoms with Crippen LogP contribution in [-0.4, -0.2) is 54.4 Å². The lowest BCUT2D eigenvalue weighted by Gasteiger charge is -2.24. The average Bonchev–Trinajstić information content (AvgIpc) is 2.55. The predicted molar refractivity (Wildman–Crippen MR) is 63.3 cm³/mol. The van der Waals surface area contributed by atoms with Crippen LogP contribution in [0.5, 0.6) is 0 Å². The van der Waals surface area contributed by atoms with Crippen molar-refractivity contribution in [2.24, 2.45) is 0 Å². The largest absolute Gasteiger partial charge is 0.389 e. The molecule has 0 aromatic rings. The van der Waals surface area contributed by atoms with Crippen LogP contribution in [0, 0.1) is 0 Å². The van der Waals surface area contributed by atoms with E-state index in [2.05, 4.69) is 0 Å². The molecule has 1 fully saturated rings. The molecule has 1 atom stereocenters. The van der Waals surface area contributed by atoms with Gasteiger partial charge in [-0.2, -0.15) is 17.0 Å². The number of aliphatic hydroxyl groups is 1. The summed E-state index contributed by atoms with van der Waals surface area (Å²) in [7, 11) is -1.78. The average molecular weight is 250 g/mol. The molecule has 1 saturated heterocycles. The van der Waals surface area contributed by atoms with E-state index in [0.717, 1.165) is 12.8 Å². The molecule has 96 valence electrons. The molecule has 6 heteroatoms. The third-order valence-electron chi connectivity index (χ3n) is 2.96.